The molecule has 4 aromatic carbocycles. The van der Waals surface area contributed by atoms with E-state index in [1.54, 1.807) is 48.5 Å². The summed E-state index contributed by atoms with van der Waals surface area (Å²) in [4.78, 5) is 49.6. The normalized spacial score (nSPS) is 14.2. The lowest BCUT2D eigenvalue weighted by molar-refractivity contribution is -0.121. The van der Waals surface area contributed by atoms with E-state index in [0.717, 1.165) is 20.7 Å². The predicted octanol–water partition coefficient (Wildman–Crippen LogP) is 3.79. The van der Waals surface area contributed by atoms with E-state index in [1.165, 1.54) is 24.3 Å². The summed E-state index contributed by atoms with van der Waals surface area (Å²) in [5.74, 6) is 1.00. The van der Waals surface area contributed by atoms with Gasteiger partial charge in [-0.2, -0.15) is 0 Å². The van der Waals surface area contributed by atoms with Crippen LogP contribution in [0.4, 0.5) is 11.4 Å². The summed E-state index contributed by atoms with van der Waals surface area (Å²) in [7, 11) is 2.02. The predicted molar refractivity (Wildman–Crippen MR) is 154 cm³/mol. The Labute approximate surface area is 236 Å². The van der Waals surface area contributed by atoms with Crippen LogP contribution in [0.15, 0.2) is 121 Å². The van der Waals surface area contributed by atoms with Crippen molar-refractivity contribution in [3.8, 4) is 23.0 Å². The number of amides is 4. The number of rotatable bonds is 8. The van der Waals surface area contributed by atoms with E-state index >= 15 is 0 Å². The molecule has 0 bridgehead atoms. The van der Waals surface area contributed by atoms with E-state index in [9.17, 15) is 19.2 Å². The molecule has 4 amide bonds. The van der Waals surface area contributed by atoms with Crippen molar-refractivity contribution >= 4 is 53.2 Å². The fourth-order valence-corrected chi connectivity index (χ4v) is 4.36. The quantitative estimate of drug-likeness (QED) is 0.250. The number of imide groups is 2. The molecule has 0 fully saturated rings. The third-order valence-electron chi connectivity index (χ3n) is 6.37. The van der Waals surface area contributed by atoms with E-state index < -0.39 is 0 Å². The van der Waals surface area contributed by atoms with Crippen LogP contribution < -0.4 is 30.2 Å². The zero-order chi connectivity index (χ0) is 28.3. The fourth-order valence-electron chi connectivity index (χ4n) is 4.36. The lowest BCUT2D eigenvalue weighted by Crippen LogP contribution is -2.29. The molecule has 41 heavy (non-hydrogen) atoms. The summed E-state index contributed by atoms with van der Waals surface area (Å²) < 4.78 is 11.8. The highest BCUT2D eigenvalue weighted by Gasteiger charge is 2.25. The van der Waals surface area contributed by atoms with Crippen molar-refractivity contribution in [3.05, 3.63) is 121 Å². The standard InChI is InChI=1S/C32H20BN2O6/c36-29-17-18-30(37)34(29)23-5-13-27(14-6-23)40-25-9-1-21(2-10-25)33-22-3-11-26(12-4-22)41-28-15-7-24(8-16-28)35-31(38)19-20-32(35)39/h1-20H. The van der Waals surface area contributed by atoms with E-state index in [2.05, 4.69) is 0 Å². The summed E-state index contributed by atoms with van der Waals surface area (Å²) in [6, 6.07) is 28.7. The van der Waals surface area contributed by atoms with Crippen LogP contribution in [0.3, 0.4) is 0 Å². The number of carbonyl (C=O) groups excluding carboxylic acids is 4. The Balaban J connectivity index is 1.03. The molecule has 8 nitrogen and oxygen atoms in total. The molecule has 0 unspecified atom stereocenters. The van der Waals surface area contributed by atoms with Gasteiger partial charge in [-0.25, -0.2) is 9.80 Å². The number of benzene rings is 4. The zero-order valence-electron chi connectivity index (χ0n) is 21.5. The molecule has 0 spiro atoms. The van der Waals surface area contributed by atoms with Gasteiger partial charge in [-0.1, -0.05) is 35.2 Å². The topological polar surface area (TPSA) is 93.2 Å². The zero-order valence-corrected chi connectivity index (χ0v) is 21.5. The molecule has 197 valence electrons. The summed E-state index contributed by atoms with van der Waals surface area (Å²) in [6.45, 7) is 0. The monoisotopic (exact) mass is 539 g/mol. The largest absolute Gasteiger partial charge is 0.457 e. The molecule has 9 heteroatoms. The minimum Gasteiger partial charge on any atom is -0.457 e. The molecule has 6 rings (SSSR count). The van der Waals surface area contributed by atoms with Crippen LogP contribution in [-0.2, 0) is 19.2 Å². The second kappa shape index (κ2) is 10.8. The molecular weight excluding hydrogens is 519 g/mol. The van der Waals surface area contributed by atoms with Gasteiger partial charge in [0.2, 0.25) is 0 Å². The molecule has 0 aromatic heterocycles. The van der Waals surface area contributed by atoms with Gasteiger partial charge in [-0.05, 0) is 72.8 Å². The van der Waals surface area contributed by atoms with Crippen LogP contribution in [0, 0.1) is 0 Å². The van der Waals surface area contributed by atoms with Crippen molar-refractivity contribution in [1.82, 2.24) is 0 Å². The highest BCUT2D eigenvalue weighted by Crippen LogP contribution is 2.27. The molecular formula is C32H20BN2O6. The average Bonchev–Trinajstić information content (AvgIpc) is 3.50. The molecule has 0 N–H and O–H groups in total. The van der Waals surface area contributed by atoms with Crippen LogP contribution >= 0.6 is 0 Å². The number of nitrogens with zero attached hydrogens (tertiary/aromatic N) is 2. The molecule has 0 aliphatic carbocycles. The Morgan fingerprint density at radius 3 is 0.951 bits per heavy atom. The third kappa shape index (κ3) is 5.55. The smallest absolute Gasteiger partial charge is 0.258 e. The molecule has 2 aliphatic heterocycles. The van der Waals surface area contributed by atoms with E-state index in [0.29, 0.717) is 34.4 Å². The lowest BCUT2D eigenvalue weighted by atomic mass is 9.64. The molecule has 0 atom stereocenters. The first-order valence-corrected chi connectivity index (χ1v) is 12.7. The lowest BCUT2D eigenvalue weighted by Gasteiger charge is -2.14. The third-order valence-corrected chi connectivity index (χ3v) is 6.37. The van der Waals surface area contributed by atoms with Crippen molar-refractivity contribution in [2.75, 3.05) is 9.80 Å². The van der Waals surface area contributed by atoms with Gasteiger partial charge >= 0.3 is 0 Å². The number of hydrogen-bond donors (Lipinski definition) is 0. The number of ether oxygens (including phenoxy) is 2. The van der Waals surface area contributed by atoms with Crippen molar-refractivity contribution < 1.29 is 28.7 Å². The van der Waals surface area contributed by atoms with E-state index in [4.69, 9.17) is 9.47 Å². The van der Waals surface area contributed by atoms with Crippen LogP contribution in [0.25, 0.3) is 0 Å². The molecule has 0 saturated carbocycles. The first-order valence-electron chi connectivity index (χ1n) is 12.7. The summed E-state index contributed by atoms with van der Waals surface area (Å²) in [5, 5.41) is 0. The van der Waals surface area contributed by atoms with Gasteiger partial charge in [0.15, 0.2) is 7.28 Å². The van der Waals surface area contributed by atoms with E-state index in [-0.39, 0.29) is 23.6 Å². The van der Waals surface area contributed by atoms with Crippen molar-refractivity contribution in [1.29, 1.82) is 0 Å². The van der Waals surface area contributed by atoms with Gasteiger partial charge in [-0.15, -0.1) is 0 Å². The second-order valence-corrected chi connectivity index (χ2v) is 9.16. The highest BCUT2D eigenvalue weighted by atomic mass is 16.5. The van der Waals surface area contributed by atoms with Gasteiger partial charge in [0.05, 0.1) is 11.4 Å². The van der Waals surface area contributed by atoms with Crippen LogP contribution in [0.2, 0.25) is 0 Å². The molecule has 2 heterocycles. The van der Waals surface area contributed by atoms with Crippen molar-refractivity contribution in [2.24, 2.45) is 0 Å². The van der Waals surface area contributed by atoms with Crippen molar-refractivity contribution in [2.45, 2.75) is 0 Å². The van der Waals surface area contributed by atoms with Gasteiger partial charge in [-0.3, -0.25) is 19.2 Å². The Morgan fingerprint density at radius 1 is 0.390 bits per heavy atom. The maximum absolute atomic E-state index is 11.8. The number of anilines is 2. The van der Waals surface area contributed by atoms with Crippen LogP contribution in [-0.4, -0.2) is 30.9 Å². The number of hydrogen-bond acceptors (Lipinski definition) is 6. The maximum Gasteiger partial charge on any atom is 0.258 e. The first-order chi connectivity index (χ1) is 19.9. The second-order valence-electron chi connectivity index (χ2n) is 9.16. The first kappa shape index (κ1) is 25.6. The molecule has 2 aliphatic rings. The highest BCUT2D eigenvalue weighted by molar-refractivity contribution is 6.67. The van der Waals surface area contributed by atoms with Gasteiger partial charge in [0.25, 0.3) is 23.6 Å². The molecule has 4 aromatic rings. The average molecular weight is 539 g/mol. The van der Waals surface area contributed by atoms with Gasteiger partial charge in [0.1, 0.15) is 23.0 Å². The maximum atomic E-state index is 11.8. The Hall–Kier alpha value is -5.70. The SMILES string of the molecule is O=C1C=CC(=O)N1c1ccc(Oc2ccc([B]c3ccc(Oc4ccc(N5C(=O)C=CC5=O)cc4)cc3)cc2)cc1. The van der Waals surface area contributed by atoms with E-state index in [1.807, 2.05) is 55.8 Å². The minimum absolute atomic E-state index is 0.363. The van der Waals surface area contributed by atoms with Crippen LogP contribution in [0.1, 0.15) is 0 Å². The van der Waals surface area contributed by atoms with Gasteiger partial charge in [0, 0.05) is 24.3 Å². The minimum atomic E-state index is -0.363. The fraction of sp³-hybridized carbons (Fsp3) is 0. The summed E-state index contributed by atoms with van der Waals surface area (Å²) >= 11 is 0. The summed E-state index contributed by atoms with van der Waals surface area (Å²) in [6.07, 6.45) is 4.99. The summed E-state index contributed by atoms with van der Waals surface area (Å²) in [5.41, 5.74) is 2.94. The Morgan fingerprint density at radius 2 is 0.659 bits per heavy atom. The van der Waals surface area contributed by atoms with Crippen LogP contribution in [0.5, 0.6) is 23.0 Å². The molecule has 0 saturated heterocycles. The molecule has 1 radical (unpaired) electrons. The Kier molecular flexibility index (Phi) is 6.75. The van der Waals surface area contributed by atoms with Gasteiger partial charge < -0.3 is 9.47 Å². The Bertz CT molecular complexity index is 1550. The van der Waals surface area contributed by atoms with Crippen molar-refractivity contribution in [3.63, 3.8) is 0 Å². The number of carbonyl (C=O) groups is 4.